The van der Waals surface area contributed by atoms with Crippen molar-refractivity contribution in [2.24, 2.45) is 5.73 Å². The second kappa shape index (κ2) is 24.4. The highest BCUT2D eigenvalue weighted by molar-refractivity contribution is 5.93. The molecule has 2 aliphatic heterocycles. The summed E-state index contributed by atoms with van der Waals surface area (Å²) in [5.41, 5.74) is 9.35. The molecule has 3 aliphatic rings. The molecule has 0 unspecified atom stereocenters. The number of esters is 3. The topological polar surface area (TPSA) is 307 Å². The summed E-state index contributed by atoms with van der Waals surface area (Å²) in [7, 11) is 0. The van der Waals surface area contributed by atoms with Crippen molar-refractivity contribution < 1.29 is 76.7 Å². The number of ether oxygens (including phenoxy) is 6. The van der Waals surface area contributed by atoms with Crippen LogP contribution in [0.2, 0.25) is 0 Å². The van der Waals surface area contributed by atoms with Crippen LogP contribution < -0.4 is 27.0 Å². The van der Waals surface area contributed by atoms with Crippen LogP contribution in [0.5, 0.6) is 0 Å². The minimum absolute atomic E-state index is 0.0642. The molecule has 1 aliphatic carbocycles. The molecule has 0 aromatic heterocycles. The number of nitrogens with one attached hydrogen (secondary N) is 4. The lowest BCUT2D eigenvalue weighted by molar-refractivity contribution is -0.287. The monoisotopic (exact) mass is 952 g/mol. The number of aliphatic carboxylic acids is 1. The molecular weight excluding hydrogens is 893 g/mol. The Hall–Kier alpha value is -6.65. The first-order valence-electron chi connectivity index (χ1n) is 22.4. The Kier molecular flexibility index (Phi) is 18.8. The number of unbranched alkanes of at least 4 members (excludes halogenated alkanes) is 1. The number of carbonyl (C=O) groups is 9. The second-order valence-corrected chi connectivity index (χ2v) is 16.7. The van der Waals surface area contributed by atoms with Crippen molar-refractivity contribution in [3.05, 3.63) is 59.7 Å². The maximum absolute atomic E-state index is 14.8. The Balaban J connectivity index is 1.38. The summed E-state index contributed by atoms with van der Waals surface area (Å²) in [6.07, 6.45) is -6.62. The molecule has 2 heterocycles. The van der Waals surface area contributed by atoms with E-state index in [9.17, 15) is 43.2 Å². The Morgan fingerprint density at radius 2 is 1.46 bits per heavy atom. The molecule has 2 aromatic carbocycles. The van der Waals surface area contributed by atoms with Gasteiger partial charge < -0.3 is 65.4 Å². The van der Waals surface area contributed by atoms with Crippen LogP contribution in [0.4, 0.5) is 4.79 Å². The number of likely N-dealkylation sites (tertiary alicyclic amines) is 1. The Bertz CT molecular complexity index is 2140. The molecule has 0 spiro atoms. The van der Waals surface area contributed by atoms with Crippen molar-refractivity contribution in [3.63, 3.8) is 0 Å². The van der Waals surface area contributed by atoms with Crippen LogP contribution >= 0.6 is 0 Å². The number of fused-ring (bicyclic) bond motifs is 3. The average molecular weight is 953 g/mol. The summed E-state index contributed by atoms with van der Waals surface area (Å²) in [6, 6.07) is 10.3. The summed E-state index contributed by atoms with van der Waals surface area (Å²) >= 11 is 0. The number of benzene rings is 2. The molecule has 22 heteroatoms. The Labute approximate surface area is 392 Å². The van der Waals surface area contributed by atoms with Crippen LogP contribution in [-0.2, 0) is 66.8 Å². The predicted molar refractivity (Wildman–Crippen MR) is 237 cm³/mol. The molecule has 5 rings (SSSR count). The third-order valence-corrected chi connectivity index (χ3v) is 11.6. The number of hydrogen-bond acceptors (Lipinski definition) is 16. The molecule has 7 N–H and O–H groups in total. The maximum atomic E-state index is 14.8. The first-order chi connectivity index (χ1) is 32.4. The molecule has 22 nitrogen and oxygen atoms in total. The molecule has 2 fully saturated rings. The quantitative estimate of drug-likeness (QED) is 0.0572. The van der Waals surface area contributed by atoms with Crippen molar-refractivity contribution >= 4 is 53.6 Å². The van der Waals surface area contributed by atoms with E-state index in [2.05, 4.69) is 21.3 Å². The van der Waals surface area contributed by atoms with Crippen molar-refractivity contribution in [2.75, 3.05) is 32.8 Å². The number of hydrogen-bond donors (Lipinski definition) is 6. The van der Waals surface area contributed by atoms with Crippen LogP contribution in [0.1, 0.15) is 83.8 Å². The summed E-state index contributed by atoms with van der Waals surface area (Å²) in [4.78, 5) is 116. The van der Waals surface area contributed by atoms with Crippen LogP contribution in [0, 0.1) is 0 Å². The van der Waals surface area contributed by atoms with Crippen LogP contribution in [0.15, 0.2) is 48.5 Å². The van der Waals surface area contributed by atoms with Gasteiger partial charge in [0.1, 0.15) is 43.5 Å². The number of carboxylic acids is 1. The smallest absolute Gasteiger partial charge is 0.407 e. The molecule has 2 aromatic rings. The fourth-order valence-corrected chi connectivity index (χ4v) is 8.51. The fourth-order valence-electron chi connectivity index (χ4n) is 8.51. The molecule has 2 saturated heterocycles. The van der Waals surface area contributed by atoms with Crippen LogP contribution in [0.25, 0.3) is 11.1 Å². The van der Waals surface area contributed by atoms with E-state index in [1.54, 1.807) is 0 Å². The molecular formula is C46H60N6O16. The highest BCUT2D eigenvalue weighted by Crippen LogP contribution is 2.44. The van der Waals surface area contributed by atoms with Gasteiger partial charge in [-0.3, -0.25) is 38.4 Å². The van der Waals surface area contributed by atoms with Crippen LogP contribution in [-0.4, -0.2) is 151 Å². The second-order valence-electron chi connectivity index (χ2n) is 16.7. The Morgan fingerprint density at radius 1 is 0.824 bits per heavy atom. The third kappa shape index (κ3) is 14.0. The minimum atomic E-state index is -1.63. The van der Waals surface area contributed by atoms with Crippen molar-refractivity contribution in [2.45, 2.75) is 128 Å². The largest absolute Gasteiger partial charge is 0.480 e. The van der Waals surface area contributed by atoms with Crippen molar-refractivity contribution in [3.8, 4) is 11.1 Å². The molecule has 5 amide bonds. The summed E-state index contributed by atoms with van der Waals surface area (Å²) in [5.74, 6) is -6.48. The number of amides is 5. The normalized spacial score (nSPS) is 21.9. The zero-order chi connectivity index (χ0) is 49.7. The van der Waals surface area contributed by atoms with Crippen LogP contribution in [0.3, 0.4) is 0 Å². The van der Waals surface area contributed by atoms with Crippen molar-refractivity contribution in [1.82, 2.24) is 26.2 Å². The van der Waals surface area contributed by atoms with Gasteiger partial charge in [0.15, 0.2) is 18.5 Å². The van der Waals surface area contributed by atoms with Gasteiger partial charge >= 0.3 is 30.0 Å². The number of alkyl carbamates (subject to hydrolysis) is 1. The molecule has 370 valence electrons. The zero-order valence-electron chi connectivity index (χ0n) is 38.6. The van der Waals surface area contributed by atoms with Gasteiger partial charge in [-0.25, -0.2) is 4.79 Å². The van der Waals surface area contributed by atoms with Gasteiger partial charge in [-0.1, -0.05) is 48.5 Å². The van der Waals surface area contributed by atoms with E-state index in [1.807, 2.05) is 48.5 Å². The van der Waals surface area contributed by atoms with Gasteiger partial charge in [0.2, 0.25) is 23.6 Å². The van der Waals surface area contributed by atoms with Crippen molar-refractivity contribution in [1.29, 1.82) is 0 Å². The molecule has 0 bridgehead atoms. The highest BCUT2D eigenvalue weighted by atomic mass is 16.7. The fraction of sp³-hybridized carbons (Fsp3) is 0.543. The van der Waals surface area contributed by atoms with E-state index in [4.69, 9.17) is 39.3 Å². The van der Waals surface area contributed by atoms with E-state index < -0.39 is 122 Å². The number of rotatable bonds is 21. The first kappa shape index (κ1) is 52.3. The van der Waals surface area contributed by atoms with E-state index in [0.29, 0.717) is 19.3 Å². The SMILES string of the molecule is CC(=O)N[C@H]1[C@H](O[C@H](C)[C@H](NC(=O)OCC2c3ccccc3-c3ccccc32)C(=O)N2CCC[C@H]2C(=O)NCC(=O)NCCCC[C@H](N)C(=O)O)O[C@H](COC(C)=O)[C@@H](OC(C)=O)[C@@H]1OC(C)=O. The minimum Gasteiger partial charge on any atom is -0.480 e. The van der Waals surface area contributed by atoms with E-state index in [0.717, 1.165) is 49.9 Å². The first-order valence-corrected chi connectivity index (χ1v) is 22.4. The lowest BCUT2D eigenvalue weighted by Gasteiger charge is -2.46. The van der Waals surface area contributed by atoms with E-state index in [-0.39, 0.29) is 38.5 Å². The standard InChI is InChI=1S/C46H60N6O16/c1-24(65-45-39(50-25(2)53)41(67-28(5)56)40(66-27(4)55)36(68-45)23-63-26(3)54)38(51-46(62)64-22-33-31-15-8-6-13-29(31)30-14-7-9-16-32(30)33)43(59)52-20-12-18-35(52)42(58)49-21-37(57)48-19-11-10-17-34(47)44(60)61/h6-9,13-16,24,33-36,38-41,45H,10-12,17-23,47H2,1-5H3,(H,48,57)(H,49,58)(H,50,53)(H,51,62)(H,60,61)/t24-,34+,35+,36-,38+,39-,40-,41-,45-/m1/s1. The maximum Gasteiger partial charge on any atom is 0.407 e. The predicted octanol–water partition coefficient (Wildman–Crippen LogP) is 0.761. The van der Waals surface area contributed by atoms with E-state index >= 15 is 0 Å². The van der Waals surface area contributed by atoms with Gasteiger partial charge in [-0.05, 0) is 61.3 Å². The van der Waals surface area contributed by atoms with Gasteiger partial charge in [0.25, 0.3) is 0 Å². The lowest BCUT2D eigenvalue weighted by Crippen LogP contribution is -2.67. The molecule has 0 saturated carbocycles. The van der Waals surface area contributed by atoms with Gasteiger partial charge in [0, 0.05) is 46.7 Å². The van der Waals surface area contributed by atoms with Gasteiger partial charge in [-0.2, -0.15) is 0 Å². The lowest BCUT2D eigenvalue weighted by atomic mass is 9.95. The van der Waals surface area contributed by atoms with Gasteiger partial charge in [0.05, 0.1) is 12.6 Å². The van der Waals surface area contributed by atoms with Gasteiger partial charge in [-0.15, -0.1) is 0 Å². The average Bonchev–Trinajstić information content (AvgIpc) is 3.90. The summed E-state index contributed by atoms with van der Waals surface area (Å²) in [6.45, 7) is 5.05. The molecule has 0 radical (unpaired) electrons. The number of nitrogens with two attached hydrogens (primary N) is 1. The Morgan fingerprint density at radius 3 is 2.06 bits per heavy atom. The molecule has 68 heavy (non-hydrogen) atoms. The number of nitrogens with zero attached hydrogens (tertiary/aromatic N) is 1. The highest BCUT2D eigenvalue weighted by Gasteiger charge is 2.53. The number of carboxylic acid groups (broad SMARTS) is 1. The molecule has 9 atom stereocenters. The summed E-state index contributed by atoms with van der Waals surface area (Å²) < 4.78 is 34.6. The zero-order valence-corrected chi connectivity index (χ0v) is 38.6. The number of carbonyl (C=O) groups excluding carboxylic acids is 8. The van der Waals surface area contributed by atoms with E-state index in [1.165, 1.54) is 11.8 Å². The third-order valence-electron chi connectivity index (χ3n) is 11.6. The summed E-state index contributed by atoms with van der Waals surface area (Å²) in [5, 5.41) is 19.4.